The number of rotatable bonds is 5. The Balaban J connectivity index is 1.71. The Kier molecular flexibility index (Phi) is 5.29. The molecule has 0 spiro atoms. The van der Waals surface area contributed by atoms with Crippen molar-refractivity contribution in [2.45, 2.75) is 11.8 Å². The Labute approximate surface area is 178 Å². The van der Waals surface area contributed by atoms with E-state index in [2.05, 4.69) is 21.0 Å². The lowest BCUT2D eigenvalue weighted by Gasteiger charge is -2.31. The van der Waals surface area contributed by atoms with E-state index in [4.69, 9.17) is 4.74 Å². The molecule has 0 amide bonds. The summed E-state index contributed by atoms with van der Waals surface area (Å²) in [6.45, 7) is -0.989. The number of hydrogen-bond donors (Lipinski definition) is 1. The third-order valence-corrected chi connectivity index (χ3v) is 5.44. The van der Waals surface area contributed by atoms with Gasteiger partial charge in [0.25, 0.3) is 0 Å². The molecule has 8 heteroatoms. The van der Waals surface area contributed by atoms with Crippen molar-refractivity contribution in [1.29, 1.82) is 0 Å². The Morgan fingerprint density at radius 2 is 1.67 bits per heavy atom. The van der Waals surface area contributed by atoms with Crippen molar-refractivity contribution in [3.63, 3.8) is 0 Å². The number of ether oxygens (including phenoxy) is 1. The first kappa shape index (κ1) is 20.4. The molecule has 0 fully saturated rings. The van der Waals surface area contributed by atoms with E-state index in [0.717, 1.165) is 5.69 Å². The molecule has 1 atom stereocenters. The highest BCUT2D eigenvalue weighted by atomic mass is 79.9. The lowest BCUT2D eigenvalue weighted by atomic mass is 9.93. The SMILES string of the molecule is OC(COc1ccccc1Br)(c1ccc2c(cnn2-c2ccccc2)c1)C(F)(F)F. The smallest absolute Gasteiger partial charge is 0.424 e. The molecule has 1 unspecified atom stereocenters. The van der Waals surface area contributed by atoms with Gasteiger partial charge in [-0.25, -0.2) is 4.68 Å². The fraction of sp³-hybridized carbons (Fsp3) is 0.136. The minimum atomic E-state index is -4.95. The van der Waals surface area contributed by atoms with Crippen LogP contribution in [0.5, 0.6) is 5.75 Å². The van der Waals surface area contributed by atoms with Crippen molar-refractivity contribution in [3.8, 4) is 11.4 Å². The molecule has 30 heavy (non-hydrogen) atoms. The summed E-state index contributed by atoms with van der Waals surface area (Å²) in [6.07, 6.45) is -3.48. The normalized spacial score (nSPS) is 13.9. The summed E-state index contributed by atoms with van der Waals surface area (Å²) in [5.74, 6) is 0.207. The highest BCUT2D eigenvalue weighted by Gasteiger charge is 2.56. The van der Waals surface area contributed by atoms with E-state index in [-0.39, 0.29) is 11.3 Å². The second kappa shape index (κ2) is 7.77. The van der Waals surface area contributed by atoms with Crippen LogP contribution in [0.1, 0.15) is 5.56 Å². The van der Waals surface area contributed by atoms with Crippen LogP contribution in [-0.2, 0) is 5.60 Å². The van der Waals surface area contributed by atoms with Gasteiger partial charge >= 0.3 is 6.18 Å². The number of nitrogens with zero attached hydrogens (tertiary/aromatic N) is 2. The third-order valence-electron chi connectivity index (χ3n) is 4.79. The number of hydrogen-bond acceptors (Lipinski definition) is 3. The van der Waals surface area contributed by atoms with Gasteiger partial charge in [0, 0.05) is 5.39 Å². The van der Waals surface area contributed by atoms with Gasteiger partial charge in [0.2, 0.25) is 5.60 Å². The molecule has 1 heterocycles. The molecule has 0 aliphatic heterocycles. The number of aromatic nitrogens is 2. The summed E-state index contributed by atoms with van der Waals surface area (Å²) in [7, 11) is 0. The summed E-state index contributed by atoms with van der Waals surface area (Å²) in [5.41, 5.74) is -2.10. The molecule has 0 bridgehead atoms. The van der Waals surface area contributed by atoms with Gasteiger partial charge in [-0.05, 0) is 57.9 Å². The summed E-state index contributed by atoms with van der Waals surface area (Å²) in [6, 6.07) is 19.8. The minimum absolute atomic E-state index is 0.207. The van der Waals surface area contributed by atoms with Gasteiger partial charge < -0.3 is 9.84 Å². The van der Waals surface area contributed by atoms with Gasteiger partial charge in [-0.1, -0.05) is 36.4 Å². The van der Waals surface area contributed by atoms with Crippen molar-refractivity contribution in [2.24, 2.45) is 0 Å². The van der Waals surface area contributed by atoms with E-state index >= 15 is 0 Å². The molecule has 0 saturated heterocycles. The molecule has 3 aromatic carbocycles. The summed E-state index contributed by atoms with van der Waals surface area (Å²) in [4.78, 5) is 0. The number of benzene rings is 3. The number of para-hydroxylation sites is 2. The van der Waals surface area contributed by atoms with E-state index < -0.39 is 18.4 Å². The quantitative estimate of drug-likeness (QED) is 0.406. The Morgan fingerprint density at radius 3 is 2.37 bits per heavy atom. The van der Waals surface area contributed by atoms with Crippen LogP contribution in [0.25, 0.3) is 16.6 Å². The van der Waals surface area contributed by atoms with E-state index in [9.17, 15) is 18.3 Å². The maximum atomic E-state index is 13.9. The first-order chi connectivity index (χ1) is 14.3. The predicted molar refractivity (Wildman–Crippen MR) is 111 cm³/mol. The van der Waals surface area contributed by atoms with Gasteiger partial charge in [0.05, 0.1) is 21.9 Å². The molecule has 4 aromatic rings. The monoisotopic (exact) mass is 476 g/mol. The van der Waals surface area contributed by atoms with Gasteiger partial charge in [-0.2, -0.15) is 18.3 Å². The molecule has 1 N–H and O–H groups in total. The van der Waals surface area contributed by atoms with Crippen molar-refractivity contribution in [2.75, 3.05) is 6.61 Å². The van der Waals surface area contributed by atoms with Crippen molar-refractivity contribution in [3.05, 3.63) is 89.0 Å². The first-order valence-corrected chi connectivity index (χ1v) is 9.79. The van der Waals surface area contributed by atoms with Crippen molar-refractivity contribution in [1.82, 2.24) is 9.78 Å². The van der Waals surface area contributed by atoms with Crippen LogP contribution in [0.15, 0.2) is 83.5 Å². The Bertz CT molecular complexity index is 1180. The van der Waals surface area contributed by atoms with Crippen LogP contribution in [0.3, 0.4) is 0 Å². The number of fused-ring (bicyclic) bond motifs is 1. The molecule has 4 nitrogen and oxygen atoms in total. The van der Waals surface area contributed by atoms with Crippen LogP contribution >= 0.6 is 15.9 Å². The third kappa shape index (κ3) is 3.68. The van der Waals surface area contributed by atoms with Crippen LogP contribution in [0.4, 0.5) is 13.2 Å². The zero-order chi connectivity index (χ0) is 21.4. The number of aliphatic hydroxyl groups is 1. The topological polar surface area (TPSA) is 47.3 Å². The maximum Gasteiger partial charge on any atom is 0.424 e. The number of alkyl halides is 3. The Hall–Kier alpha value is -2.84. The molecular weight excluding hydrogens is 461 g/mol. The average Bonchev–Trinajstić information content (AvgIpc) is 3.16. The van der Waals surface area contributed by atoms with E-state index in [1.165, 1.54) is 30.5 Å². The lowest BCUT2D eigenvalue weighted by molar-refractivity contribution is -0.275. The summed E-state index contributed by atoms with van der Waals surface area (Å²) >= 11 is 3.23. The summed E-state index contributed by atoms with van der Waals surface area (Å²) < 4.78 is 49.2. The average molecular weight is 477 g/mol. The first-order valence-electron chi connectivity index (χ1n) is 9.00. The van der Waals surface area contributed by atoms with Gasteiger partial charge in [0.15, 0.2) is 0 Å². The second-order valence-corrected chi connectivity index (χ2v) is 7.60. The highest BCUT2D eigenvalue weighted by molar-refractivity contribution is 9.10. The lowest BCUT2D eigenvalue weighted by Crippen LogP contribution is -2.47. The molecule has 0 aliphatic rings. The zero-order valence-electron chi connectivity index (χ0n) is 15.5. The molecule has 154 valence electrons. The summed E-state index contributed by atoms with van der Waals surface area (Å²) in [5, 5.41) is 15.4. The van der Waals surface area contributed by atoms with E-state index in [0.29, 0.717) is 15.4 Å². The van der Waals surface area contributed by atoms with Gasteiger partial charge in [-0.3, -0.25) is 0 Å². The van der Waals surface area contributed by atoms with Crippen molar-refractivity contribution >= 4 is 26.8 Å². The predicted octanol–water partition coefficient (Wildman–Crippen LogP) is 5.62. The minimum Gasteiger partial charge on any atom is -0.489 e. The van der Waals surface area contributed by atoms with E-state index in [1.54, 1.807) is 22.9 Å². The fourth-order valence-corrected chi connectivity index (χ4v) is 3.54. The highest BCUT2D eigenvalue weighted by Crippen LogP contribution is 2.41. The number of halogens is 4. The molecular formula is C22H16BrF3N2O2. The van der Waals surface area contributed by atoms with Gasteiger partial charge in [0.1, 0.15) is 12.4 Å². The largest absolute Gasteiger partial charge is 0.489 e. The standard InChI is InChI=1S/C22H16BrF3N2O2/c23-18-8-4-5-9-20(18)30-14-21(29,22(24,25)26)16-10-11-19-15(12-16)13-27-28(19)17-6-2-1-3-7-17/h1-13,29H,14H2. The second-order valence-electron chi connectivity index (χ2n) is 6.74. The molecule has 0 aliphatic carbocycles. The maximum absolute atomic E-state index is 13.9. The van der Waals surface area contributed by atoms with Crippen LogP contribution in [0.2, 0.25) is 0 Å². The van der Waals surface area contributed by atoms with Crippen LogP contribution in [-0.4, -0.2) is 27.7 Å². The van der Waals surface area contributed by atoms with Crippen LogP contribution < -0.4 is 4.74 Å². The van der Waals surface area contributed by atoms with Gasteiger partial charge in [-0.15, -0.1) is 0 Å². The van der Waals surface area contributed by atoms with Crippen LogP contribution in [0, 0.1) is 0 Å². The molecule has 0 saturated carbocycles. The fourth-order valence-electron chi connectivity index (χ4n) is 3.14. The molecule has 4 rings (SSSR count). The van der Waals surface area contributed by atoms with E-state index in [1.807, 2.05) is 30.3 Å². The Morgan fingerprint density at radius 1 is 0.967 bits per heavy atom. The van der Waals surface area contributed by atoms with Crippen molar-refractivity contribution < 1.29 is 23.0 Å². The molecule has 1 aromatic heterocycles. The zero-order valence-corrected chi connectivity index (χ0v) is 17.1. The molecule has 0 radical (unpaired) electrons.